The standard InChI is InChI=1S/C12H15BrClNO2/c1-7(13)5-8(2)15-12(17)10-4-3-9(14)6-11(10)16/h3-4,6-8,16H,5H2,1-2H3,(H,15,17). The molecule has 0 spiro atoms. The van der Waals surface area contributed by atoms with E-state index in [1.165, 1.54) is 12.1 Å². The first kappa shape index (κ1) is 14.3. The van der Waals surface area contributed by atoms with Gasteiger partial charge in [-0.25, -0.2) is 0 Å². The Kier molecular flexibility index (Phi) is 5.28. The number of nitrogens with one attached hydrogen (secondary N) is 1. The predicted octanol–water partition coefficient (Wildman–Crippen LogP) is 3.34. The van der Waals surface area contributed by atoms with Crippen LogP contribution in [0.5, 0.6) is 5.75 Å². The number of amides is 1. The van der Waals surface area contributed by atoms with Crippen LogP contribution in [0.2, 0.25) is 5.02 Å². The number of aromatic hydroxyl groups is 1. The highest BCUT2D eigenvalue weighted by Crippen LogP contribution is 2.22. The fourth-order valence-electron chi connectivity index (χ4n) is 1.54. The molecule has 17 heavy (non-hydrogen) atoms. The summed E-state index contributed by atoms with van der Waals surface area (Å²) in [5.41, 5.74) is 0.239. The summed E-state index contributed by atoms with van der Waals surface area (Å²) in [4.78, 5) is 12.2. The molecule has 0 radical (unpaired) electrons. The van der Waals surface area contributed by atoms with E-state index in [4.69, 9.17) is 11.6 Å². The molecule has 1 aromatic carbocycles. The molecule has 0 saturated carbocycles. The van der Waals surface area contributed by atoms with Gasteiger partial charge in [0, 0.05) is 15.9 Å². The number of halogens is 2. The Morgan fingerprint density at radius 1 is 1.53 bits per heavy atom. The van der Waals surface area contributed by atoms with E-state index in [9.17, 15) is 9.90 Å². The van der Waals surface area contributed by atoms with Crippen LogP contribution < -0.4 is 5.32 Å². The lowest BCUT2D eigenvalue weighted by molar-refractivity contribution is 0.0936. The fourth-order valence-corrected chi connectivity index (χ4v) is 2.27. The SMILES string of the molecule is CC(Br)CC(C)NC(=O)c1ccc(Cl)cc1O. The average Bonchev–Trinajstić information content (AvgIpc) is 2.15. The molecule has 0 heterocycles. The molecule has 2 atom stereocenters. The van der Waals surface area contributed by atoms with Crippen molar-refractivity contribution in [3.05, 3.63) is 28.8 Å². The Labute approximate surface area is 114 Å². The van der Waals surface area contributed by atoms with Crippen molar-refractivity contribution in [2.75, 3.05) is 0 Å². The number of rotatable bonds is 4. The van der Waals surface area contributed by atoms with E-state index in [0.29, 0.717) is 9.85 Å². The van der Waals surface area contributed by atoms with Gasteiger partial charge in [-0.2, -0.15) is 0 Å². The molecule has 0 aliphatic carbocycles. The lowest BCUT2D eigenvalue weighted by Crippen LogP contribution is -2.33. The lowest BCUT2D eigenvalue weighted by atomic mass is 10.1. The molecule has 1 aromatic rings. The number of phenols is 1. The van der Waals surface area contributed by atoms with Crippen LogP contribution in [0.15, 0.2) is 18.2 Å². The van der Waals surface area contributed by atoms with Gasteiger partial charge in [0.1, 0.15) is 5.75 Å². The van der Waals surface area contributed by atoms with E-state index in [1.807, 2.05) is 13.8 Å². The van der Waals surface area contributed by atoms with Crippen LogP contribution in [0.25, 0.3) is 0 Å². The van der Waals surface area contributed by atoms with E-state index in [1.54, 1.807) is 6.07 Å². The van der Waals surface area contributed by atoms with Crippen molar-refractivity contribution < 1.29 is 9.90 Å². The molecule has 5 heteroatoms. The van der Waals surface area contributed by atoms with Crippen LogP contribution in [0.3, 0.4) is 0 Å². The fraction of sp³-hybridized carbons (Fsp3) is 0.417. The topological polar surface area (TPSA) is 49.3 Å². The summed E-state index contributed by atoms with van der Waals surface area (Å²) < 4.78 is 0. The first-order chi connectivity index (χ1) is 7.90. The maximum absolute atomic E-state index is 11.8. The molecule has 3 nitrogen and oxygen atoms in total. The van der Waals surface area contributed by atoms with Gasteiger partial charge in [0.15, 0.2) is 0 Å². The highest BCUT2D eigenvalue weighted by Gasteiger charge is 2.14. The second-order valence-corrected chi connectivity index (χ2v) is 6.05. The third-order valence-electron chi connectivity index (χ3n) is 2.26. The van der Waals surface area contributed by atoms with Crippen molar-refractivity contribution in [1.82, 2.24) is 5.32 Å². The number of carbonyl (C=O) groups excluding carboxylic acids is 1. The minimum absolute atomic E-state index is 0.0342. The number of alkyl halides is 1. The minimum Gasteiger partial charge on any atom is -0.507 e. The van der Waals surface area contributed by atoms with Crippen molar-refractivity contribution in [2.24, 2.45) is 0 Å². The van der Waals surface area contributed by atoms with Crippen LogP contribution in [-0.4, -0.2) is 21.9 Å². The molecule has 0 bridgehead atoms. The van der Waals surface area contributed by atoms with E-state index in [0.717, 1.165) is 6.42 Å². The average molecular weight is 321 g/mol. The van der Waals surface area contributed by atoms with Crippen LogP contribution in [0.4, 0.5) is 0 Å². The minimum atomic E-state index is -0.292. The maximum Gasteiger partial charge on any atom is 0.255 e. The number of benzene rings is 1. The zero-order valence-electron chi connectivity index (χ0n) is 9.71. The van der Waals surface area contributed by atoms with Crippen molar-refractivity contribution in [1.29, 1.82) is 0 Å². The molecule has 2 N–H and O–H groups in total. The van der Waals surface area contributed by atoms with Gasteiger partial charge < -0.3 is 10.4 Å². The summed E-state index contributed by atoms with van der Waals surface area (Å²) in [6, 6.07) is 4.48. The molecule has 0 aromatic heterocycles. The number of carbonyl (C=O) groups is 1. The zero-order chi connectivity index (χ0) is 13.0. The Balaban J connectivity index is 2.70. The molecule has 0 fully saturated rings. The Hall–Kier alpha value is -0.740. The first-order valence-electron chi connectivity index (χ1n) is 5.33. The van der Waals surface area contributed by atoms with Gasteiger partial charge in [-0.1, -0.05) is 34.5 Å². The molecular weight excluding hydrogens is 305 g/mol. The van der Waals surface area contributed by atoms with Crippen molar-refractivity contribution in [2.45, 2.75) is 31.1 Å². The van der Waals surface area contributed by atoms with Crippen LogP contribution >= 0.6 is 27.5 Å². The number of hydrogen-bond donors (Lipinski definition) is 2. The monoisotopic (exact) mass is 319 g/mol. The van der Waals surface area contributed by atoms with E-state index in [2.05, 4.69) is 21.2 Å². The quantitative estimate of drug-likeness (QED) is 0.836. The van der Waals surface area contributed by atoms with Crippen LogP contribution in [-0.2, 0) is 0 Å². The zero-order valence-corrected chi connectivity index (χ0v) is 12.0. The Morgan fingerprint density at radius 3 is 2.71 bits per heavy atom. The Morgan fingerprint density at radius 2 is 2.18 bits per heavy atom. The summed E-state index contributed by atoms with van der Waals surface area (Å²) in [6.45, 7) is 3.94. The van der Waals surface area contributed by atoms with Gasteiger partial charge in [0.2, 0.25) is 0 Å². The highest BCUT2D eigenvalue weighted by molar-refractivity contribution is 9.09. The van der Waals surface area contributed by atoms with Gasteiger partial charge in [-0.15, -0.1) is 0 Å². The molecular formula is C12H15BrClNO2. The maximum atomic E-state index is 11.8. The third-order valence-corrected chi connectivity index (χ3v) is 2.87. The number of phenolic OH excluding ortho intramolecular Hbond substituents is 1. The summed E-state index contributed by atoms with van der Waals surface area (Å²) in [5, 5.41) is 12.8. The summed E-state index contributed by atoms with van der Waals surface area (Å²) in [6.07, 6.45) is 0.820. The summed E-state index contributed by atoms with van der Waals surface area (Å²) in [5.74, 6) is -0.395. The van der Waals surface area contributed by atoms with E-state index in [-0.39, 0.29) is 23.3 Å². The second kappa shape index (κ2) is 6.26. The molecule has 2 unspecified atom stereocenters. The highest BCUT2D eigenvalue weighted by atomic mass is 79.9. The van der Waals surface area contributed by atoms with Gasteiger partial charge in [-0.3, -0.25) is 4.79 Å². The largest absolute Gasteiger partial charge is 0.507 e. The van der Waals surface area contributed by atoms with Gasteiger partial charge in [0.25, 0.3) is 5.91 Å². The summed E-state index contributed by atoms with van der Waals surface area (Å²) in [7, 11) is 0. The number of hydrogen-bond acceptors (Lipinski definition) is 2. The van der Waals surface area contributed by atoms with Crippen LogP contribution in [0.1, 0.15) is 30.6 Å². The van der Waals surface area contributed by atoms with Gasteiger partial charge in [0.05, 0.1) is 5.56 Å². The van der Waals surface area contributed by atoms with Gasteiger partial charge in [-0.05, 0) is 31.5 Å². The summed E-state index contributed by atoms with van der Waals surface area (Å²) >= 11 is 9.13. The molecule has 1 amide bonds. The van der Waals surface area contributed by atoms with Crippen molar-refractivity contribution >= 4 is 33.4 Å². The molecule has 94 valence electrons. The van der Waals surface area contributed by atoms with E-state index >= 15 is 0 Å². The normalized spacial score (nSPS) is 14.1. The molecule has 0 saturated heterocycles. The molecule has 0 aliphatic heterocycles. The van der Waals surface area contributed by atoms with E-state index < -0.39 is 0 Å². The molecule has 0 aliphatic rings. The first-order valence-corrected chi connectivity index (χ1v) is 6.63. The third kappa shape index (κ3) is 4.56. The van der Waals surface area contributed by atoms with Crippen molar-refractivity contribution in [3.8, 4) is 5.75 Å². The molecule has 1 rings (SSSR count). The predicted molar refractivity (Wildman–Crippen MR) is 73.1 cm³/mol. The Bertz CT molecular complexity index is 409. The van der Waals surface area contributed by atoms with Crippen molar-refractivity contribution in [3.63, 3.8) is 0 Å². The second-order valence-electron chi connectivity index (χ2n) is 4.05. The van der Waals surface area contributed by atoms with Crippen LogP contribution in [0, 0.1) is 0 Å². The van der Waals surface area contributed by atoms with Gasteiger partial charge >= 0.3 is 0 Å². The smallest absolute Gasteiger partial charge is 0.255 e. The lowest BCUT2D eigenvalue weighted by Gasteiger charge is -2.15.